The van der Waals surface area contributed by atoms with Crippen molar-refractivity contribution < 1.29 is 14.0 Å². The van der Waals surface area contributed by atoms with Crippen molar-refractivity contribution in [3.05, 3.63) is 28.6 Å². The smallest absolute Gasteiger partial charge is 0.256 e. The van der Waals surface area contributed by atoms with E-state index in [0.29, 0.717) is 16.7 Å². The molecule has 2 aromatic rings. The molecule has 0 aliphatic heterocycles. The summed E-state index contributed by atoms with van der Waals surface area (Å²) in [6.07, 6.45) is 0. The Morgan fingerprint density at radius 1 is 1.36 bits per heavy atom. The van der Waals surface area contributed by atoms with Gasteiger partial charge >= 0.3 is 0 Å². The molecule has 0 saturated heterocycles. The maximum atomic E-state index is 12.5. The highest BCUT2D eigenvalue weighted by atomic mass is 35.5. The number of fused-ring (bicyclic) bond motifs is 1. The number of amides is 2. The van der Waals surface area contributed by atoms with Crippen LogP contribution >= 0.6 is 11.6 Å². The van der Waals surface area contributed by atoms with E-state index in [0.717, 1.165) is 0 Å². The Labute approximate surface area is 133 Å². The third-order valence-corrected chi connectivity index (χ3v) is 3.56. The van der Waals surface area contributed by atoms with Crippen LogP contribution in [0.5, 0.6) is 0 Å². The number of nitrogens with zero attached hydrogens (tertiary/aromatic N) is 1. The molecule has 0 spiro atoms. The summed E-state index contributed by atoms with van der Waals surface area (Å²) in [5, 5.41) is 3.49. The molecular formula is C15H18ClN3O3. The fourth-order valence-corrected chi connectivity index (χ4v) is 2.41. The summed E-state index contributed by atoms with van der Waals surface area (Å²) in [6.45, 7) is 7.12. The second kappa shape index (κ2) is 5.61. The van der Waals surface area contributed by atoms with Gasteiger partial charge in [-0.05, 0) is 24.5 Å². The highest BCUT2D eigenvalue weighted by molar-refractivity contribution is 6.29. The van der Waals surface area contributed by atoms with Crippen molar-refractivity contribution in [2.24, 2.45) is 11.1 Å². The van der Waals surface area contributed by atoms with E-state index < -0.39 is 23.3 Å². The summed E-state index contributed by atoms with van der Waals surface area (Å²) in [4.78, 5) is 28.2. The molecule has 2 amide bonds. The van der Waals surface area contributed by atoms with Crippen LogP contribution in [0, 0.1) is 12.3 Å². The van der Waals surface area contributed by atoms with Crippen molar-refractivity contribution >= 4 is 34.5 Å². The molecule has 118 valence electrons. The van der Waals surface area contributed by atoms with Gasteiger partial charge in [-0.3, -0.25) is 9.59 Å². The van der Waals surface area contributed by atoms with E-state index >= 15 is 0 Å². The number of aryl methyl sites for hydroxylation is 1. The molecule has 2 aromatic heterocycles. The second-order valence-electron chi connectivity index (χ2n) is 6.19. The Morgan fingerprint density at radius 3 is 2.55 bits per heavy atom. The number of furan rings is 1. The predicted octanol–water partition coefficient (Wildman–Crippen LogP) is 2.42. The highest BCUT2D eigenvalue weighted by Gasteiger charge is 2.32. The number of hydrogen-bond donors (Lipinski definition) is 2. The lowest BCUT2D eigenvalue weighted by molar-refractivity contribution is -0.122. The highest BCUT2D eigenvalue weighted by Crippen LogP contribution is 2.26. The maximum Gasteiger partial charge on any atom is 0.256 e. The van der Waals surface area contributed by atoms with Crippen molar-refractivity contribution in [2.75, 3.05) is 0 Å². The van der Waals surface area contributed by atoms with Crippen molar-refractivity contribution in [1.29, 1.82) is 0 Å². The van der Waals surface area contributed by atoms with E-state index in [1.807, 2.05) is 20.8 Å². The van der Waals surface area contributed by atoms with Crippen LogP contribution in [0.3, 0.4) is 0 Å². The van der Waals surface area contributed by atoms with Crippen molar-refractivity contribution in [3.8, 4) is 0 Å². The molecule has 6 nitrogen and oxygen atoms in total. The van der Waals surface area contributed by atoms with Gasteiger partial charge in [0.2, 0.25) is 11.6 Å². The Kier molecular flexibility index (Phi) is 4.15. The third-order valence-electron chi connectivity index (χ3n) is 3.35. The molecule has 2 rings (SSSR count). The molecule has 0 aliphatic rings. The number of carbonyl (C=O) groups is 2. The minimum Gasteiger partial charge on any atom is -0.442 e. The van der Waals surface area contributed by atoms with Gasteiger partial charge in [-0.1, -0.05) is 32.4 Å². The molecule has 2 heterocycles. The maximum absolute atomic E-state index is 12.5. The molecule has 0 fully saturated rings. The van der Waals surface area contributed by atoms with E-state index in [1.54, 1.807) is 19.1 Å². The zero-order valence-corrected chi connectivity index (χ0v) is 13.6. The number of carbonyl (C=O) groups excluding carboxylic acids is 2. The van der Waals surface area contributed by atoms with Gasteiger partial charge in [0.1, 0.15) is 17.0 Å². The first kappa shape index (κ1) is 16.3. The topological polar surface area (TPSA) is 98.2 Å². The average molecular weight is 324 g/mol. The average Bonchev–Trinajstić information content (AvgIpc) is 2.68. The van der Waals surface area contributed by atoms with Crippen LogP contribution in [-0.4, -0.2) is 22.8 Å². The van der Waals surface area contributed by atoms with Crippen LogP contribution in [0.2, 0.25) is 5.15 Å². The number of pyridine rings is 1. The Balaban J connectivity index is 2.41. The molecular weight excluding hydrogens is 306 g/mol. The van der Waals surface area contributed by atoms with Crippen LogP contribution in [0.25, 0.3) is 11.1 Å². The number of nitrogens with two attached hydrogens (primary N) is 1. The summed E-state index contributed by atoms with van der Waals surface area (Å²) >= 11 is 5.81. The number of primary amides is 1. The van der Waals surface area contributed by atoms with Crippen molar-refractivity contribution in [2.45, 2.75) is 33.7 Å². The lowest BCUT2D eigenvalue weighted by Gasteiger charge is -2.28. The molecule has 1 atom stereocenters. The molecule has 7 heteroatoms. The normalized spacial score (nSPS) is 13.1. The van der Waals surface area contributed by atoms with Gasteiger partial charge in [0.15, 0.2) is 0 Å². The van der Waals surface area contributed by atoms with Gasteiger partial charge in [-0.15, -0.1) is 0 Å². The quantitative estimate of drug-likeness (QED) is 0.847. The van der Waals surface area contributed by atoms with E-state index in [9.17, 15) is 9.59 Å². The fraction of sp³-hybridized carbons (Fsp3) is 0.400. The van der Waals surface area contributed by atoms with Crippen LogP contribution in [-0.2, 0) is 4.79 Å². The summed E-state index contributed by atoms with van der Waals surface area (Å²) < 4.78 is 5.46. The standard InChI is InChI=1S/C15H18ClN3O3/c1-7-10(8-5-6-9(16)18-14(8)22-7)13(21)19-11(12(17)20)15(2,3)4/h5-6,11H,1-4H3,(H2,17,20)(H,19,21)/t11-/m1/s1. The van der Waals surface area contributed by atoms with Gasteiger partial charge in [0, 0.05) is 0 Å². The van der Waals surface area contributed by atoms with Gasteiger partial charge in [-0.25, -0.2) is 4.98 Å². The third kappa shape index (κ3) is 3.06. The minimum absolute atomic E-state index is 0.276. The monoisotopic (exact) mass is 323 g/mol. The van der Waals surface area contributed by atoms with E-state index in [-0.39, 0.29) is 10.9 Å². The molecule has 0 saturated carbocycles. The number of rotatable bonds is 3. The number of hydrogen-bond acceptors (Lipinski definition) is 4. The Bertz CT molecular complexity index is 746. The fourth-order valence-electron chi connectivity index (χ4n) is 2.27. The molecule has 3 N–H and O–H groups in total. The lowest BCUT2D eigenvalue weighted by Crippen LogP contribution is -2.52. The van der Waals surface area contributed by atoms with Gasteiger partial charge in [0.25, 0.3) is 5.91 Å². The van der Waals surface area contributed by atoms with Crippen LogP contribution in [0.4, 0.5) is 0 Å². The minimum atomic E-state index is -0.801. The first-order valence-electron chi connectivity index (χ1n) is 6.77. The lowest BCUT2D eigenvalue weighted by atomic mass is 9.86. The number of halogens is 1. The first-order valence-corrected chi connectivity index (χ1v) is 7.15. The summed E-state index contributed by atoms with van der Waals surface area (Å²) in [5.41, 5.74) is 5.49. The summed E-state index contributed by atoms with van der Waals surface area (Å²) in [6, 6.07) is 2.43. The molecule has 0 aliphatic carbocycles. The van der Waals surface area contributed by atoms with E-state index in [1.165, 1.54) is 0 Å². The van der Waals surface area contributed by atoms with E-state index in [2.05, 4.69) is 10.3 Å². The largest absolute Gasteiger partial charge is 0.442 e. The molecule has 0 unspecified atom stereocenters. The zero-order valence-electron chi connectivity index (χ0n) is 12.9. The van der Waals surface area contributed by atoms with Crippen molar-refractivity contribution in [1.82, 2.24) is 10.3 Å². The van der Waals surface area contributed by atoms with Gasteiger partial charge < -0.3 is 15.5 Å². The predicted molar refractivity (Wildman–Crippen MR) is 83.7 cm³/mol. The van der Waals surface area contributed by atoms with E-state index in [4.69, 9.17) is 21.8 Å². The first-order chi connectivity index (χ1) is 10.1. The van der Waals surface area contributed by atoms with Crippen molar-refractivity contribution in [3.63, 3.8) is 0 Å². The number of nitrogens with one attached hydrogen (secondary N) is 1. The summed E-state index contributed by atoms with van der Waals surface area (Å²) in [5.74, 6) is -0.619. The molecule has 0 bridgehead atoms. The van der Waals surface area contributed by atoms with Crippen LogP contribution in [0.1, 0.15) is 36.9 Å². The van der Waals surface area contributed by atoms with Gasteiger partial charge in [0.05, 0.1) is 10.9 Å². The number of aromatic nitrogens is 1. The Hall–Kier alpha value is -2.08. The van der Waals surface area contributed by atoms with Gasteiger partial charge in [-0.2, -0.15) is 0 Å². The summed E-state index contributed by atoms with van der Waals surface area (Å²) in [7, 11) is 0. The Morgan fingerprint density at radius 2 is 2.00 bits per heavy atom. The molecule has 22 heavy (non-hydrogen) atoms. The second-order valence-corrected chi connectivity index (χ2v) is 6.58. The molecule has 0 radical (unpaired) electrons. The van der Waals surface area contributed by atoms with Crippen LogP contribution in [0.15, 0.2) is 16.5 Å². The zero-order chi connectivity index (χ0) is 16.7. The SMILES string of the molecule is Cc1oc2nc(Cl)ccc2c1C(=O)N[C@H](C(N)=O)C(C)(C)C. The van der Waals surface area contributed by atoms with Crippen LogP contribution < -0.4 is 11.1 Å². The molecule has 0 aromatic carbocycles.